The fourth-order valence-corrected chi connectivity index (χ4v) is 6.91. The molecule has 2 N–H and O–H groups in total. The fraction of sp³-hybridized carbons (Fsp3) is 0.417. The number of nitrogens with one attached hydrogen (secondary N) is 2. The Kier molecular flexibility index (Phi) is 9.52. The van der Waals surface area contributed by atoms with Gasteiger partial charge in [0.2, 0.25) is 5.91 Å². The average molecular weight is 609 g/mol. The molecule has 1 aromatic heterocycles. The Morgan fingerprint density at radius 2 is 1.71 bits per heavy atom. The summed E-state index contributed by atoms with van der Waals surface area (Å²) in [5.74, 6) is 1.21. The Bertz CT molecular complexity index is 1580. The minimum atomic E-state index is -0.618. The minimum absolute atomic E-state index is 0.109. The van der Waals surface area contributed by atoms with Crippen LogP contribution >= 0.6 is 0 Å². The molecule has 0 radical (unpaired) electrons. The van der Waals surface area contributed by atoms with E-state index in [-0.39, 0.29) is 12.5 Å². The van der Waals surface area contributed by atoms with Crippen LogP contribution in [-0.2, 0) is 16.1 Å². The first-order chi connectivity index (χ1) is 22.0. The van der Waals surface area contributed by atoms with Crippen LogP contribution in [0.5, 0.6) is 0 Å². The van der Waals surface area contributed by atoms with Crippen LogP contribution in [0.15, 0.2) is 72.8 Å². The third-order valence-electron chi connectivity index (χ3n) is 9.26. The molecule has 2 fully saturated rings. The second-order valence-corrected chi connectivity index (χ2v) is 12.2. The molecule has 0 unspecified atom stereocenters. The second-order valence-electron chi connectivity index (χ2n) is 12.2. The van der Waals surface area contributed by atoms with Gasteiger partial charge in [0, 0.05) is 37.6 Å². The molecule has 0 bridgehead atoms. The molecule has 3 heterocycles. The summed E-state index contributed by atoms with van der Waals surface area (Å²) in [4.78, 5) is 39.2. The number of alkyl carbamates (subject to hydrolysis) is 1. The van der Waals surface area contributed by atoms with Gasteiger partial charge in [0.15, 0.2) is 0 Å². The predicted molar refractivity (Wildman–Crippen MR) is 179 cm³/mol. The van der Waals surface area contributed by atoms with E-state index in [2.05, 4.69) is 97.6 Å². The van der Waals surface area contributed by atoms with Gasteiger partial charge in [-0.15, -0.1) is 0 Å². The number of anilines is 2. The maximum Gasteiger partial charge on any atom is 0.407 e. The maximum absolute atomic E-state index is 12.8. The molecule has 9 nitrogen and oxygen atoms in total. The van der Waals surface area contributed by atoms with E-state index in [1.807, 2.05) is 6.92 Å². The number of rotatable bonds is 10. The largest absolute Gasteiger partial charge is 0.453 e. The maximum atomic E-state index is 12.8. The number of imidazole rings is 1. The van der Waals surface area contributed by atoms with E-state index in [1.165, 1.54) is 42.5 Å². The topological polar surface area (TPSA) is 93.8 Å². The Morgan fingerprint density at radius 1 is 0.956 bits per heavy atom. The number of aromatic amines is 1. The lowest BCUT2D eigenvalue weighted by Gasteiger charge is -2.34. The molecule has 0 aliphatic carbocycles. The second kappa shape index (κ2) is 14.1. The van der Waals surface area contributed by atoms with E-state index in [0.29, 0.717) is 25.0 Å². The SMILES string of the molecule is CCCN(Cc1nc2cc([C@H]3CCCN3c3ccc(N4CCC(c5ccccc5)CC4)cc3)ccc2[nH]1)C(=O)CNC(=O)OC. The first kappa shape index (κ1) is 30.5. The molecular formula is C36H44N6O3. The van der Waals surface area contributed by atoms with Gasteiger partial charge < -0.3 is 29.7 Å². The number of hydrogen-bond donors (Lipinski definition) is 2. The molecule has 2 amide bonds. The number of methoxy groups -OCH3 is 1. The van der Waals surface area contributed by atoms with Gasteiger partial charge in [-0.2, -0.15) is 0 Å². The number of aromatic nitrogens is 2. The molecule has 1 atom stereocenters. The van der Waals surface area contributed by atoms with Crippen LogP contribution < -0.4 is 15.1 Å². The van der Waals surface area contributed by atoms with Gasteiger partial charge in [-0.1, -0.05) is 43.3 Å². The van der Waals surface area contributed by atoms with E-state index in [1.54, 1.807) is 4.90 Å². The molecule has 45 heavy (non-hydrogen) atoms. The summed E-state index contributed by atoms with van der Waals surface area (Å²) in [6.07, 6.45) is 4.82. The fourth-order valence-electron chi connectivity index (χ4n) is 6.91. The van der Waals surface area contributed by atoms with Crippen molar-refractivity contribution in [1.82, 2.24) is 20.2 Å². The molecule has 2 aliphatic rings. The van der Waals surface area contributed by atoms with Gasteiger partial charge in [0.05, 0.1) is 30.7 Å². The molecule has 4 aromatic rings. The number of piperidine rings is 1. The Hall–Kier alpha value is -4.53. The summed E-state index contributed by atoms with van der Waals surface area (Å²) in [5, 5.41) is 2.48. The smallest absolute Gasteiger partial charge is 0.407 e. The highest BCUT2D eigenvalue weighted by molar-refractivity contribution is 5.82. The van der Waals surface area contributed by atoms with Crippen molar-refractivity contribution in [2.45, 2.75) is 57.5 Å². The first-order valence-corrected chi connectivity index (χ1v) is 16.3. The summed E-state index contributed by atoms with van der Waals surface area (Å²) in [7, 11) is 1.28. The number of ether oxygens (including phenoxy) is 1. The van der Waals surface area contributed by atoms with Crippen molar-refractivity contribution in [1.29, 1.82) is 0 Å². The summed E-state index contributed by atoms with van der Waals surface area (Å²) in [6.45, 7) is 6.05. The van der Waals surface area contributed by atoms with E-state index < -0.39 is 6.09 Å². The van der Waals surface area contributed by atoms with Crippen molar-refractivity contribution in [3.63, 3.8) is 0 Å². The van der Waals surface area contributed by atoms with Crippen LogP contribution in [0.4, 0.5) is 16.2 Å². The number of carbonyl (C=O) groups excluding carboxylic acids is 2. The molecule has 0 saturated carbocycles. The number of hydrogen-bond acceptors (Lipinski definition) is 6. The lowest BCUT2D eigenvalue weighted by molar-refractivity contribution is -0.130. The van der Waals surface area contributed by atoms with Crippen molar-refractivity contribution < 1.29 is 14.3 Å². The number of carbonyl (C=O) groups is 2. The standard InChI is InChI=1S/C36H44N6O3/c1-3-19-41(35(43)24-37-36(44)45-2)25-34-38-31-16-11-28(23-32(31)39-34)33-10-7-20-42(33)30-14-12-29(13-15-30)40-21-17-27(18-22-40)26-8-5-4-6-9-26/h4-6,8-9,11-16,23,27,33H,3,7,10,17-22,24-25H2,1-2H3,(H,37,44)(H,38,39)/t33-/m1/s1. The number of amides is 2. The molecule has 236 valence electrons. The van der Waals surface area contributed by atoms with E-state index in [0.717, 1.165) is 55.8 Å². The van der Waals surface area contributed by atoms with Gasteiger partial charge in [-0.3, -0.25) is 4.79 Å². The van der Waals surface area contributed by atoms with Gasteiger partial charge in [0.25, 0.3) is 0 Å². The van der Waals surface area contributed by atoms with Crippen molar-refractivity contribution in [2.24, 2.45) is 0 Å². The Balaban J connectivity index is 1.10. The zero-order valence-corrected chi connectivity index (χ0v) is 26.4. The van der Waals surface area contributed by atoms with Crippen molar-refractivity contribution in [2.75, 3.05) is 49.6 Å². The summed E-state index contributed by atoms with van der Waals surface area (Å²) in [5.41, 5.74) is 7.15. The quantitative estimate of drug-likeness (QED) is 0.217. The third-order valence-corrected chi connectivity index (χ3v) is 9.26. The molecule has 2 saturated heterocycles. The van der Waals surface area contributed by atoms with E-state index in [4.69, 9.17) is 4.98 Å². The highest BCUT2D eigenvalue weighted by Gasteiger charge is 2.27. The van der Waals surface area contributed by atoms with Gasteiger partial charge in [0.1, 0.15) is 12.4 Å². The normalized spacial score (nSPS) is 17.1. The molecular weight excluding hydrogens is 564 g/mol. The van der Waals surface area contributed by atoms with E-state index >= 15 is 0 Å². The van der Waals surface area contributed by atoms with Crippen LogP contribution in [0.2, 0.25) is 0 Å². The zero-order valence-electron chi connectivity index (χ0n) is 26.4. The molecule has 9 heteroatoms. The predicted octanol–water partition coefficient (Wildman–Crippen LogP) is 6.38. The third kappa shape index (κ3) is 7.08. The molecule has 2 aliphatic heterocycles. The summed E-state index contributed by atoms with van der Waals surface area (Å²) < 4.78 is 4.59. The first-order valence-electron chi connectivity index (χ1n) is 16.3. The number of H-pyrrole nitrogens is 1. The average Bonchev–Trinajstić information content (AvgIpc) is 3.74. The Morgan fingerprint density at radius 3 is 2.44 bits per heavy atom. The van der Waals surface area contributed by atoms with E-state index in [9.17, 15) is 9.59 Å². The summed E-state index contributed by atoms with van der Waals surface area (Å²) in [6, 6.07) is 26.9. The zero-order chi connectivity index (χ0) is 31.2. The Labute approximate surface area is 265 Å². The minimum Gasteiger partial charge on any atom is -0.453 e. The molecule has 3 aromatic carbocycles. The molecule has 0 spiro atoms. The van der Waals surface area contributed by atoms with Crippen LogP contribution in [0, 0.1) is 0 Å². The van der Waals surface area contributed by atoms with Crippen LogP contribution in [0.3, 0.4) is 0 Å². The summed E-state index contributed by atoms with van der Waals surface area (Å²) >= 11 is 0. The highest BCUT2D eigenvalue weighted by atomic mass is 16.5. The van der Waals surface area contributed by atoms with Gasteiger partial charge in [-0.25, -0.2) is 9.78 Å². The lowest BCUT2D eigenvalue weighted by atomic mass is 9.89. The van der Waals surface area contributed by atoms with Crippen molar-refractivity contribution in [3.05, 3.63) is 89.7 Å². The van der Waals surface area contributed by atoms with Gasteiger partial charge >= 0.3 is 6.09 Å². The van der Waals surface area contributed by atoms with Crippen molar-refractivity contribution >= 4 is 34.4 Å². The number of fused-ring (bicyclic) bond motifs is 1. The van der Waals surface area contributed by atoms with Crippen LogP contribution in [0.1, 0.15) is 67.9 Å². The molecule has 6 rings (SSSR count). The van der Waals surface area contributed by atoms with Gasteiger partial charge in [-0.05, 0) is 85.5 Å². The van der Waals surface area contributed by atoms with Crippen LogP contribution in [-0.4, -0.2) is 66.7 Å². The van der Waals surface area contributed by atoms with Crippen molar-refractivity contribution in [3.8, 4) is 0 Å². The number of nitrogens with zero attached hydrogens (tertiary/aromatic N) is 4. The number of benzene rings is 3. The highest BCUT2D eigenvalue weighted by Crippen LogP contribution is 2.38. The van der Waals surface area contributed by atoms with Crippen LogP contribution in [0.25, 0.3) is 11.0 Å². The lowest BCUT2D eigenvalue weighted by Crippen LogP contribution is -2.40. The monoisotopic (exact) mass is 608 g/mol.